The van der Waals surface area contributed by atoms with Crippen LogP contribution in [0.2, 0.25) is 10.0 Å². The molecule has 2 amide bonds. The normalized spacial score (nSPS) is 21.2. The smallest absolute Gasteiger partial charge is 0.249 e. The molecule has 1 aliphatic carbocycles. The first-order valence-electron chi connectivity index (χ1n) is 12.1. The number of hydrogen-bond donors (Lipinski definition) is 3. The van der Waals surface area contributed by atoms with E-state index in [1.165, 1.54) is 31.3 Å². The highest BCUT2D eigenvalue weighted by molar-refractivity contribution is 6.42. The van der Waals surface area contributed by atoms with Crippen molar-refractivity contribution >= 4 is 41.3 Å². The van der Waals surface area contributed by atoms with E-state index in [2.05, 4.69) is 5.32 Å². The summed E-state index contributed by atoms with van der Waals surface area (Å²) in [6, 6.07) is 6.99. The van der Waals surface area contributed by atoms with Gasteiger partial charge < -0.3 is 34.6 Å². The number of rotatable bonds is 10. The van der Waals surface area contributed by atoms with Gasteiger partial charge in [-0.05, 0) is 35.9 Å². The number of fused-ring (bicyclic) bond motifs is 3. The van der Waals surface area contributed by atoms with Gasteiger partial charge in [0, 0.05) is 36.9 Å². The third-order valence-corrected chi connectivity index (χ3v) is 7.43. The minimum atomic E-state index is -1.29. The second-order valence-electron chi connectivity index (χ2n) is 9.11. The zero-order valence-electron chi connectivity index (χ0n) is 21.2. The zero-order valence-corrected chi connectivity index (χ0v) is 22.7. The van der Waals surface area contributed by atoms with Gasteiger partial charge in [-0.1, -0.05) is 29.3 Å². The molecule has 4 rings (SSSR count). The van der Waals surface area contributed by atoms with Crippen molar-refractivity contribution in [1.82, 2.24) is 10.2 Å². The Kier molecular flexibility index (Phi) is 9.14. The highest BCUT2D eigenvalue weighted by atomic mass is 35.5. The lowest BCUT2D eigenvalue weighted by molar-refractivity contribution is -0.141. The third-order valence-electron chi connectivity index (χ3n) is 6.70. The van der Waals surface area contributed by atoms with Crippen LogP contribution >= 0.6 is 23.2 Å². The summed E-state index contributed by atoms with van der Waals surface area (Å²) >= 11 is 12.2. The van der Waals surface area contributed by atoms with E-state index >= 15 is 0 Å². The number of aldehydes is 1. The number of nitrogens with zero attached hydrogens (tertiary/aromatic N) is 1. The maximum Gasteiger partial charge on any atom is 0.249 e. The second kappa shape index (κ2) is 12.4. The molecule has 0 aromatic heterocycles. The van der Waals surface area contributed by atoms with Crippen molar-refractivity contribution in [2.45, 2.75) is 30.7 Å². The van der Waals surface area contributed by atoms with Crippen molar-refractivity contribution in [3.8, 4) is 11.5 Å². The average Bonchev–Trinajstić information content (AvgIpc) is 3.32. The van der Waals surface area contributed by atoms with Crippen LogP contribution in [-0.2, 0) is 20.9 Å². The molecular weight excluding hydrogens is 551 g/mol. The standard InChI is InChI=1S/C27H28Cl2N2O8/c1-37-13-22(34)31(11-14-3-4-18(28)19(29)8-14)20-10-17(27(36)30-5-6-32)23-16-7-15(12-33)9-21(38-2)25(16)39-26(23)24(20)35/h3-4,7-10,12,20,23-24,26,32,35H,5-6,11,13H2,1-2H3,(H,30,36)/t20-,23+,24+,26+/m1/s1. The Morgan fingerprint density at radius 1 is 1.18 bits per heavy atom. The third kappa shape index (κ3) is 5.75. The van der Waals surface area contributed by atoms with Gasteiger partial charge in [0.25, 0.3) is 0 Å². The molecule has 0 saturated heterocycles. The summed E-state index contributed by atoms with van der Waals surface area (Å²) in [6.45, 7) is -0.561. The zero-order chi connectivity index (χ0) is 28.3. The molecule has 0 saturated carbocycles. The van der Waals surface area contributed by atoms with E-state index in [0.717, 1.165) is 0 Å². The maximum atomic E-state index is 13.3. The molecular formula is C27H28Cl2N2O8. The van der Waals surface area contributed by atoms with Crippen LogP contribution in [0.25, 0.3) is 0 Å². The fourth-order valence-electron chi connectivity index (χ4n) is 4.96. The van der Waals surface area contributed by atoms with E-state index in [0.29, 0.717) is 33.0 Å². The topological polar surface area (TPSA) is 135 Å². The fraction of sp³-hybridized carbons (Fsp3) is 0.370. The van der Waals surface area contributed by atoms with Gasteiger partial charge in [-0.2, -0.15) is 0 Å². The number of ether oxygens (including phenoxy) is 3. The van der Waals surface area contributed by atoms with Gasteiger partial charge in [0.2, 0.25) is 11.8 Å². The van der Waals surface area contributed by atoms with Gasteiger partial charge in [0.1, 0.15) is 25.1 Å². The number of hydrogen-bond acceptors (Lipinski definition) is 8. The predicted molar refractivity (Wildman–Crippen MR) is 142 cm³/mol. The highest BCUT2D eigenvalue weighted by Gasteiger charge is 2.51. The van der Waals surface area contributed by atoms with Gasteiger partial charge in [-0.3, -0.25) is 14.4 Å². The lowest BCUT2D eigenvalue weighted by Crippen LogP contribution is -2.56. The number of methoxy groups -OCH3 is 2. The fourth-order valence-corrected chi connectivity index (χ4v) is 5.28. The maximum absolute atomic E-state index is 13.3. The Labute approximate surface area is 235 Å². The summed E-state index contributed by atoms with van der Waals surface area (Å²) in [5, 5.41) is 24.2. The molecule has 0 bridgehead atoms. The van der Waals surface area contributed by atoms with Crippen molar-refractivity contribution in [2.24, 2.45) is 0 Å². The molecule has 1 aliphatic heterocycles. The molecule has 0 unspecified atom stereocenters. The molecule has 2 aromatic carbocycles. The van der Waals surface area contributed by atoms with Gasteiger partial charge in [0.15, 0.2) is 11.5 Å². The largest absolute Gasteiger partial charge is 0.493 e. The predicted octanol–water partition coefficient (Wildman–Crippen LogP) is 2.11. The van der Waals surface area contributed by atoms with Crippen LogP contribution < -0.4 is 14.8 Å². The minimum absolute atomic E-state index is 0.0121. The van der Waals surface area contributed by atoms with Gasteiger partial charge >= 0.3 is 0 Å². The first kappa shape index (κ1) is 28.8. The number of nitrogens with one attached hydrogen (secondary N) is 1. The lowest BCUT2D eigenvalue weighted by atomic mass is 9.77. The van der Waals surface area contributed by atoms with Crippen LogP contribution in [0.4, 0.5) is 0 Å². The number of carbonyl (C=O) groups excluding carboxylic acids is 3. The van der Waals surface area contributed by atoms with E-state index in [1.807, 2.05) is 0 Å². The van der Waals surface area contributed by atoms with E-state index in [9.17, 15) is 24.6 Å². The first-order chi connectivity index (χ1) is 18.7. The summed E-state index contributed by atoms with van der Waals surface area (Å²) < 4.78 is 16.7. The molecule has 0 fully saturated rings. The molecule has 0 spiro atoms. The van der Waals surface area contributed by atoms with Crippen LogP contribution in [-0.4, -0.2) is 85.4 Å². The Hall–Kier alpha value is -3.15. The van der Waals surface area contributed by atoms with E-state index in [-0.39, 0.29) is 43.4 Å². The Morgan fingerprint density at radius 3 is 2.59 bits per heavy atom. The van der Waals surface area contributed by atoms with Gasteiger partial charge in [0.05, 0.1) is 35.7 Å². The molecule has 12 heteroatoms. The number of amides is 2. The molecule has 39 heavy (non-hydrogen) atoms. The number of aliphatic hydroxyl groups is 2. The monoisotopic (exact) mass is 578 g/mol. The molecule has 4 atom stereocenters. The van der Waals surface area contributed by atoms with Crippen LogP contribution in [0.15, 0.2) is 42.0 Å². The van der Waals surface area contributed by atoms with Crippen molar-refractivity contribution < 1.29 is 38.8 Å². The summed E-state index contributed by atoms with van der Waals surface area (Å²) in [5.74, 6) is -1.18. The summed E-state index contributed by atoms with van der Waals surface area (Å²) in [4.78, 5) is 39.6. The van der Waals surface area contributed by atoms with E-state index in [1.54, 1.807) is 24.3 Å². The van der Waals surface area contributed by atoms with Crippen LogP contribution in [0.3, 0.4) is 0 Å². The average molecular weight is 579 g/mol. The second-order valence-corrected chi connectivity index (χ2v) is 9.92. The number of halogens is 2. The van der Waals surface area contributed by atoms with Gasteiger partial charge in [-0.25, -0.2) is 0 Å². The van der Waals surface area contributed by atoms with Crippen molar-refractivity contribution in [3.05, 3.63) is 68.7 Å². The lowest BCUT2D eigenvalue weighted by Gasteiger charge is -2.40. The Balaban J connectivity index is 1.82. The molecule has 2 aromatic rings. The molecule has 1 heterocycles. The van der Waals surface area contributed by atoms with Crippen molar-refractivity contribution in [1.29, 1.82) is 0 Å². The molecule has 2 aliphatic rings. The number of benzene rings is 2. The number of carbonyl (C=O) groups is 3. The van der Waals surface area contributed by atoms with E-state index < -0.39 is 36.0 Å². The summed E-state index contributed by atoms with van der Waals surface area (Å²) in [6.07, 6.45) is -0.116. The first-order valence-corrected chi connectivity index (χ1v) is 12.8. The summed E-state index contributed by atoms with van der Waals surface area (Å²) in [7, 11) is 2.79. The van der Waals surface area contributed by atoms with E-state index in [4.69, 9.17) is 37.4 Å². The molecule has 3 N–H and O–H groups in total. The SMILES string of the molecule is COCC(=O)N(Cc1ccc(Cl)c(Cl)c1)[C@@H]1C=C(C(=O)NCCO)[C@@H]2c3cc(C=O)cc(OC)c3O[C@@H]2[C@H]1O. The Bertz CT molecular complexity index is 1300. The minimum Gasteiger partial charge on any atom is -0.493 e. The molecule has 208 valence electrons. The van der Waals surface area contributed by atoms with Crippen molar-refractivity contribution in [3.63, 3.8) is 0 Å². The highest BCUT2D eigenvalue weighted by Crippen LogP contribution is 2.51. The van der Waals surface area contributed by atoms with Gasteiger partial charge in [-0.15, -0.1) is 0 Å². The Morgan fingerprint density at radius 2 is 1.95 bits per heavy atom. The quantitative estimate of drug-likeness (QED) is 0.365. The van der Waals surface area contributed by atoms with Crippen LogP contribution in [0.5, 0.6) is 11.5 Å². The molecule has 10 nitrogen and oxygen atoms in total. The van der Waals surface area contributed by atoms with Crippen LogP contribution in [0.1, 0.15) is 27.4 Å². The van der Waals surface area contributed by atoms with Crippen LogP contribution in [0, 0.1) is 0 Å². The molecule has 0 radical (unpaired) electrons. The summed E-state index contributed by atoms with van der Waals surface area (Å²) in [5.41, 5.74) is 1.63. The number of aliphatic hydroxyl groups excluding tert-OH is 2. The van der Waals surface area contributed by atoms with Crippen molar-refractivity contribution in [2.75, 3.05) is 34.0 Å².